The minimum Gasteiger partial charge on any atom is -0.391 e. The first-order valence-corrected chi connectivity index (χ1v) is 4.73. The zero-order valence-electron chi connectivity index (χ0n) is 7.16. The zero-order chi connectivity index (χ0) is 9.14. The molecule has 3 nitrogen and oxygen atoms in total. The average molecular weight is 192 g/mol. The van der Waals surface area contributed by atoms with Gasteiger partial charge in [0, 0.05) is 6.54 Å². The minimum absolute atomic E-state index is 0.0171. The number of carbonyl (C=O) groups excluding carboxylic acids is 1. The first-order chi connectivity index (χ1) is 5.66. The number of nitrogens with zero attached hydrogens (tertiary/aromatic N) is 1. The molecule has 1 amide bonds. The van der Waals surface area contributed by atoms with Crippen molar-refractivity contribution in [3.63, 3.8) is 0 Å². The molecule has 0 radical (unpaired) electrons. The Morgan fingerprint density at radius 1 is 1.83 bits per heavy atom. The summed E-state index contributed by atoms with van der Waals surface area (Å²) >= 11 is 5.43. The molecule has 1 aliphatic rings. The predicted molar refractivity (Wildman–Crippen MR) is 47.1 cm³/mol. The van der Waals surface area contributed by atoms with Crippen molar-refractivity contribution in [3.05, 3.63) is 0 Å². The highest BCUT2D eigenvalue weighted by atomic mass is 35.5. The van der Waals surface area contributed by atoms with Crippen LogP contribution < -0.4 is 0 Å². The van der Waals surface area contributed by atoms with Crippen LogP contribution in [0.1, 0.15) is 19.8 Å². The maximum Gasteiger partial charge on any atom is 0.237 e. The first kappa shape index (κ1) is 9.81. The molecule has 12 heavy (non-hydrogen) atoms. The van der Waals surface area contributed by atoms with Crippen LogP contribution in [0.4, 0.5) is 0 Å². The van der Waals surface area contributed by atoms with Gasteiger partial charge in [0.25, 0.3) is 0 Å². The number of carbonyl (C=O) groups is 1. The number of rotatable bonds is 2. The van der Waals surface area contributed by atoms with Crippen molar-refractivity contribution in [2.45, 2.75) is 31.9 Å². The maximum atomic E-state index is 11.2. The minimum atomic E-state index is -0.445. The van der Waals surface area contributed by atoms with E-state index in [1.807, 2.05) is 0 Å². The Hall–Kier alpha value is -0.280. The number of halogens is 1. The second-order valence-electron chi connectivity index (χ2n) is 3.17. The Morgan fingerprint density at radius 3 is 3.00 bits per heavy atom. The number of aliphatic hydroxyl groups is 1. The van der Waals surface area contributed by atoms with Crippen LogP contribution in [0.15, 0.2) is 0 Å². The van der Waals surface area contributed by atoms with Crippen LogP contribution in [0.25, 0.3) is 0 Å². The molecule has 70 valence electrons. The van der Waals surface area contributed by atoms with Gasteiger partial charge in [-0.05, 0) is 19.8 Å². The van der Waals surface area contributed by atoms with Crippen LogP contribution in [0.5, 0.6) is 0 Å². The zero-order valence-corrected chi connectivity index (χ0v) is 7.92. The lowest BCUT2D eigenvalue weighted by atomic mass is 10.1. The third-order valence-corrected chi connectivity index (χ3v) is 2.52. The topological polar surface area (TPSA) is 40.5 Å². The van der Waals surface area contributed by atoms with E-state index in [1.54, 1.807) is 11.8 Å². The van der Waals surface area contributed by atoms with Crippen LogP contribution in [-0.4, -0.2) is 40.5 Å². The van der Waals surface area contributed by atoms with Gasteiger partial charge < -0.3 is 10.0 Å². The summed E-state index contributed by atoms with van der Waals surface area (Å²) in [6.07, 6.45) is 1.41. The molecule has 0 bridgehead atoms. The molecule has 0 aromatic heterocycles. The van der Waals surface area contributed by atoms with Crippen LogP contribution in [0.2, 0.25) is 0 Å². The monoisotopic (exact) mass is 191 g/mol. The van der Waals surface area contributed by atoms with Gasteiger partial charge in [0.15, 0.2) is 0 Å². The van der Waals surface area contributed by atoms with E-state index in [-0.39, 0.29) is 17.8 Å². The van der Waals surface area contributed by atoms with Gasteiger partial charge in [-0.15, -0.1) is 11.6 Å². The standard InChI is InChI=1S/C8H14ClNO2/c1-6(11)7-3-2-4-10(7)8(12)5-9/h6-7,11H,2-5H2,1H3. The summed E-state index contributed by atoms with van der Waals surface area (Å²) in [6.45, 7) is 2.45. The number of amides is 1. The summed E-state index contributed by atoms with van der Waals surface area (Å²) in [7, 11) is 0. The largest absolute Gasteiger partial charge is 0.391 e. The number of alkyl halides is 1. The molecule has 2 atom stereocenters. The smallest absolute Gasteiger partial charge is 0.237 e. The second kappa shape index (κ2) is 4.10. The highest BCUT2D eigenvalue weighted by Gasteiger charge is 2.30. The van der Waals surface area contributed by atoms with Crippen molar-refractivity contribution in [2.24, 2.45) is 0 Å². The number of hydrogen-bond acceptors (Lipinski definition) is 2. The molecular formula is C8H14ClNO2. The number of hydrogen-bond donors (Lipinski definition) is 1. The molecular weight excluding hydrogens is 178 g/mol. The summed E-state index contributed by atoms with van der Waals surface area (Å²) < 4.78 is 0. The fraction of sp³-hybridized carbons (Fsp3) is 0.875. The molecule has 1 aliphatic heterocycles. The summed E-state index contributed by atoms with van der Waals surface area (Å²) in [5.41, 5.74) is 0. The lowest BCUT2D eigenvalue weighted by Crippen LogP contribution is -2.42. The molecule has 0 spiro atoms. The van der Waals surface area contributed by atoms with Crippen molar-refractivity contribution in [3.8, 4) is 0 Å². The lowest BCUT2D eigenvalue weighted by molar-refractivity contribution is -0.131. The number of aliphatic hydroxyl groups excluding tert-OH is 1. The molecule has 0 aromatic carbocycles. The van der Waals surface area contributed by atoms with Crippen molar-refractivity contribution < 1.29 is 9.90 Å². The molecule has 1 rings (SSSR count). The van der Waals surface area contributed by atoms with E-state index in [2.05, 4.69) is 0 Å². The van der Waals surface area contributed by atoms with E-state index >= 15 is 0 Å². The van der Waals surface area contributed by atoms with Gasteiger partial charge >= 0.3 is 0 Å². The van der Waals surface area contributed by atoms with Crippen molar-refractivity contribution in [2.75, 3.05) is 12.4 Å². The van der Waals surface area contributed by atoms with Crippen molar-refractivity contribution in [1.82, 2.24) is 4.90 Å². The van der Waals surface area contributed by atoms with Crippen LogP contribution >= 0.6 is 11.6 Å². The van der Waals surface area contributed by atoms with Gasteiger partial charge in [0.05, 0.1) is 12.1 Å². The summed E-state index contributed by atoms with van der Waals surface area (Å²) in [6, 6.07) is -0.0174. The van der Waals surface area contributed by atoms with E-state index < -0.39 is 6.10 Å². The number of likely N-dealkylation sites (tertiary alicyclic amines) is 1. The summed E-state index contributed by atoms with van der Waals surface area (Å²) in [5, 5.41) is 9.33. The first-order valence-electron chi connectivity index (χ1n) is 4.20. The Kier molecular flexibility index (Phi) is 3.35. The Morgan fingerprint density at radius 2 is 2.50 bits per heavy atom. The lowest BCUT2D eigenvalue weighted by Gasteiger charge is -2.25. The third-order valence-electron chi connectivity index (χ3n) is 2.29. The van der Waals surface area contributed by atoms with E-state index in [1.165, 1.54) is 0 Å². The third kappa shape index (κ3) is 1.90. The van der Waals surface area contributed by atoms with Crippen molar-refractivity contribution >= 4 is 17.5 Å². The van der Waals surface area contributed by atoms with Crippen LogP contribution in [-0.2, 0) is 4.79 Å². The van der Waals surface area contributed by atoms with Crippen molar-refractivity contribution in [1.29, 1.82) is 0 Å². The molecule has 1 saturated heterocycles. The molecule has 1 fully saturated rings. The maximum absolute atomic E-state index is 11.2. The Balaban J connectivity index is 2.57. The fourth-order valence-electron chi connectivity index (χ4n) is 1.68. The normalized spacial score (nSPS) is 25.9. The van der Waals surface area contributed by atoms with Gasteiger partial charge in [-0.1, -0.05) is 0 Å². The fourth-order valence-corrected chi connectivity index (χ4v) is 1.83. The predicted octanol–water partition coefficient (Wildman–Crippen LogP) is 0.597. The van der Waals surface area contributed by atoms with E-state index in [9.17, 15) is 9.90 Å². The molecule has 4 heteroatoms. The van der Waals surface area contributed by atoms with E-state index in [4.69, 9.17) is 11.6 Å². The highest BCUT2D eigenvalue weighted by molar-refractivity contribution is 6.27. The molecule has 2 unspecified atom stereocenters. The van der Waals surface area contributed by atoms with Gasteiger partial charge in [-0.2, -0.15) is 0 Å². The van der Waals surface area contributed by atoms with Gasteiger partial charge in [0.1, 0.15) is 5.88 Å². The van der Waals surface area contributed by atoms with Gasteiger partial charge in [0.2, 0.25) is 5.91 Å². The average Bonchev–Trinajstić information content (AvgIpc) is 2.50. The van der Waals surface area contributed by atoms with Crippen LogP contribution in [0.3, 0.4) is 0 Å². The van der Waals surface area contributed by atoms with E-state index in [0.29, 0.717) is 0 Å². The molecule has 1 heterocycles. The second-order valence-corrected chi connectivity index (χ2v) is 3.44. The molecule has 0 saturated carbocycles. The molecule has 1 N–H and O–H groups in total. The molecule has 0 aromatic rings. The quantitative estimate of drug-likeness (QED) is 0.650. The summed E-state index contributed by atoms with van der Waals surface area (Å²) in [5.74, 6) is -0.0523. The Labute approximate surface area is 77.3 Å². The van der Waals surface area contributed by atoms with Crippen LogP contribution in [0, 0.1) is 0 Å². The van der Waals surface area contributed by atoms with E-state index in [0.717, 1.165) is 19.4 Å². The van der Waals surface area contributed by atoms with Gasteiger partial charge in [-0.3, -0.25) is 4.79 Å². The highest BCUT2D eigenvalue weighted by Crippen LogP contribution is 2.20. The molecule has 0 aliphatic carbocycles. The summed E-state index contributed by atoms with van der Waals surface area (Å²) in [4.78, 5) is 12.9. The Bertz CT molecular complexity index is 172. The SMILES string of the molecule is CC(O)C1CCCN1C(=O)CCl. The van der Waals surface area contributed by atoms with Gasteiger partial charge in [-0.25, -0.2) is 0 Å².